The highest BCUT2D eigenvalue weighted by atomic mass is 16.5. The average molecular weight is 213 g/mol. The lowest BCUT2D eigenvalue weighted by Crippen LogP contribution is -2.37. The van der Waals surface area contributed by atoms with Crippen LogP contribution in [0.3, 0.4) is 0 Å². The lowest BCUT2D eigenvalue weighted by molar-refractivity contribution is -0.147. The molecule has 0 aliphatic carbocycles. The van der Waals surface area contributed by atoms with Crippen LogP contribution in [-0.4, -0.2) is 50.2 Å². The summed E-state index contributed by atoms with van der Waals surface area (Å²) >= 11 is 0. The fourth-order valence-corrected chi connectivity index (χ4v) is 1.45. The van der Waals surface area contributed by atoms with E-state index in [1.54, 1.807) is 4.90 Å². The maximum atomic E-state index is 11.4. The molecular weight excluding hydrogens is 198 g/mol. The Labute approximate surface area is 88.6 Å². The fourth-order valence-electron chi connectivity index (χ4n) is 1.45. The first-order valence-corrected chi connectivity index (χ1v) is 4.76. The van der Waals surface area contributed by atoms with Crippen LogP contribution in [-0.2, 0) is 19.1 Å². The number of carbonyl (C=O) groups excluding carboxylic acids is 2. The van der Waals surface area contributed by atoms with Crippen LogP contribution in [0.4, 0.5) is 0 Å². The molecule has 0 saturated carbocycles. The van der Waals surface area contributed by atoms with Crippen molar-refractivity contribution in [3.63, 3.8) is 0 Å². The summed E-state index contributed by atoms with van der Waals surface area (Å²) in [5.41, 5.74) is 0. The Morgan fingerprint density at radius 2 is 2.33 bits per heavy atom. The van der Waals surface area contributed by atoms with Gasteiger partial charge in [-0.25, -0.2) is 0 Å². The lowest BCUT2D eigenvalue weighted by Gasteiger charge is -2.20. The van der Waals surface area contributed by atoms with E-state index in [0.29, 0.717) is 26.3 Å². The summed E-state index contributed by atoms with van der Waals surface area (Å²) in [6.07, 6.45) is 1.24. The molecule has 1 amide bonds. The highest BCUT2D eigenvalue weighted by molar-refractivity contribution is 5.87. The summed E-state index contributed by atoms with van der Waals surface area (Å²) in [6.45, 7) is 4.96. The van der Waals surface area contributed by atoms with E-state index < -0.39 is 5.92 Å². The minimum atomic E-state index is -0.401. The van der Waals surface area contributed by atoms with Gasteiger partial charge < -0.3 is 14.4 Å². The average Bonchev–Trinajstić information content (AvgIpc) is 2.52. The molecule has 1 unspecified atom stereocenters. The molecule has 0 spiro atoms. The third-order valence-electron chi connectivity index (χ3n) is 2.29. The van der Waals surface area contributed by atoms with E-state index in [1.165, 1.54) is 13.2 Å². The molecule has 0 aromatic rings. The van der Waals surface area contributed by atoms with Crippen LogP contribution < -0.4 is 0 Å². The monoisotopic (exact) mass is 213 g/mol. The zero-order valence-corrected chi connectivity index (χ0v) is 8.77. The second kappa shape index (κ2) is 5.50. The van der Waals surface area contributed by atoms with Crippen LogP contribution in [0.2, 0.25) is 0 Å². The third-order valence-corrected chi connectivity index (χ3v) is 2.29. The molecule has 0 aromatic heterocycles. The van der Waals surface area contributed by atoms with Crippen LogP contribution in [0.5, 0.6) is 0 Å². The Bertz CT molecular complexity index is 264. The van der Waals surface area contributed by atoms with Crippen LogP contribution >= 0.6 is 0 Å². The maximum absolute atomic E-state index is 11.4. The SMILES string of the molecule is C=CC(=O)N1CCOCC(C(=O)OC)C1. The van der Waals surface area contributed by atoms with Gasteiger partial charge in [-0.2, -0.15) is 0 Å². The van der Waals surface area contributed by atoms with Crippen molar-refractivity contribution < 1.29 is 19.1 Å². The molecular formula is C10H15NO4. The zero-order chi connectivity index (χ0) is 11.3. The largest absolute Gasteiger partial charge is 0.469 e. The first kappa shape index (κ1) is 11.7. The number of hydrogen-bond acceptors (Lipinski definition) is 4. The van der Waals surface area contributed by atoms with E-state index in [9.17, 15) is 9.59 Å². The molecule has 1 aliphatic rings. The number of nitrogens with zero attached hydrogens (tertiary/aromatic N) is 1. The van der Waals surface area contributed by atoms with Gasteiger partial charge in [0.15, 0.2) is 0 Å². The van der Waals surface area contributed by atoms with Gasteiger partial charge in [-0.05, 0) is 6.08 Å². The number of carbonyl (C=O) groups is 2. The van der Waals surface area contributed by atoms with E-state index in [-0.39, 0.29) is 11.9 Å². The Kier molecular flexibility index (Phi) is 4.30. The Hall–Kier alpha value is -1.36. The molecule has 5 heteroatoms. The van der Waals surface area contributed by atoms with Crippen LogP contribution in [0.15, 0.2) is 12.7 Å². The number of amides is 1. The van der Waals surface area contributed by atoms with Gasteiger partial charge in [0.25, 0.3) is 0 Å². The number of rotatable bonds is 2. The summed E-state index contributed by atoms with van der Waals surface area (Å²) in [7, 11) is 1.33. The number of ether oxygens (including phenoxy) is 2. The molecule has 1 rings (SSSR count). The summed E-state index contributed by atoms with van der Waals surface area (Å²) in [4.78, 5) is 24.2. The molecule has 84 valence electrons. The van der Waals surface area contributed by atoms with E-state index in [1.807, 2.05) is 0 Å². The van der Waals surface area contributed by atoms with Crippen LogP contribution in [0.1, 0.15) is 0 Å². The van der Waals surface area contributed by atoms with Crippen LogP contribution in [0, 0.1) is 5.92 Å². The highest BCUT2D eigenvalue weighted by Crippen LogP contribution is 2.09. The topological polar surface area (TPSA) is 55.8 Å². The molecule has 1 atom stereocenters. The van der Waals surface area contributed by atoms with Gasteiger partial charge in [0.05, 0.1) is 26.2 Å². The summed E-state index contributed by atoms with van der Waals surface area (Å²) in [5, 5.41) is 0. The molecule has 0 bridgehead atoms. The summed E-state index contributed by atoms with van der Waals surface area (Å²) < 4.78 is 9.85. The molecule has 15 heavy (non-hydrogen) atoms. The summed E-state index contributed by atoms with van der Waals surface area (Å²) in [6, 6.07) is 0. The van der Waals surface area contributed by atoms with Gasteiger partial charge in [0, 0.05) is 13.1 Å². The first-order chi connectivity index (χ1) is 7.19. The number of methoxy groups -OCH3 is 1. The number of hydrogen-bond donors (Lipinski definition) is 0. The second-order valence-corrected chi connectivity index (χ2v) is 3.28. The molecule has 1 heterocycles. The third kappa shape index (κ3) is 3.06. The standard InChI is InChI=1S/C10H15NO4/c1-3-9(12)11-4-5-15-7-8(6-11)10(13)14-2/h3,8H,1,4-7H2,2H3. The van der Waals surface area contributed by atoms with Crippen molar-refractivity contribution in [1.82, 2.24) is 4.90 Å². The smallest absolute Gasteiger partial charge is 0.312 e. The molecule has 0 aromatic carbocycles. The van der Waals surface area contributed by atoms with Gasteiger partial charge >= 0.3 is 5.97 Å². The minimum Gasteiger partial charge on any atom is -0.469 e. The molecule has 0 radical (unpaired) electrons. The van der Waals surface area contributed by atoms with E-state index in [2.05, 4.69) is 11.3 Å². The van der Waals surface area contributed by atoms with Gasteiger partial charge in [0.2, 0.25) is 5.91 Å². The van der Waals surface area contributed by atoms with Crippen molar-refractivity contribution in [1.29, 1.82) is 0 Å². The van der Waals surface area contributed by atoms with Gasteiger partial charge in [0.1, 0.15) is 0 Å². The molecule has 0 N–H and O–H groups in total. The fraction of sp³-hybridized carbons (Fsp3) is 0.600. The van der Waals surface area contributed by atoms with Crippen molar-refractivity contribution >= 4 is 11.9 Å². The second-order valence-electron chi connectivity index (χ2n) is 3.28. The number of esters is 1. The molecule has 1 saturated heterocycles. The lowest BCUT2D eigenvalue weighted by atomic mass is 10.1. The highest BCUT2D eigenvalue weighted by Gasteiger charge is 2.26. The van der Waals surface area contributed by atoms with Crippen LogP contribution in [0.25, 0.3) is 0 Å². The Morgan fingerprint density at radius 1 is 1.60 bits per heavy atom. The van der Waals surface area contributed by atoms with Crippen molar-refractivity contribution in [2.45, 2.75) is 0 Å². The maximum Gasteiger partial charge on any atom is 0.312 e. The first-order valence-electron chi connectivity index (χ1n) is 4.76. The molecule has 1 fully saturated rings. The minimum absolute atomic E-state index is 0.186. The Morgan fingerprint density at radius 3 is 2.93 bits per heavy atom. The van der Waals surface area contributed by atoms with Gasteiger partial charge in [-0.15, -0.1) is 0 Å². The van der Waals surface area contributed by atoms with Crippen molar-refractivity contribution in [2.75, 3.05) is 33.4 Å². The predicted molar refractivity (Wildman–Crippen MR) is 53.1 cm³/mol. The van der Waals surface area contributed by atoms with Crippen molar-refractivity contribution in [3.8, 4) is 0 Å². The molecule has 1 aliphatic heterocycles. The molecule has 5 nitrogen and oxygen atoms in total. The van der Waals surface area contributed by atoms with E-state index >= 15 is 0 Å². The van der Waals surface area contributed by atoms with E-state index in [4.69, 9.17) is 4.74 Å². The quantitative estimate of drug-likeness (QED) is 0.471. The normalized spacial score (nSPS) is 21.7. The van der Waals surface area contributed by atoms with Crippen molar-refractivity contribution in [2.24, 2.45) is 5.92 Å². The predicted octanol–water partition coefficient (Wildman–Crippen LogP) is -0.180. The Balaban J connectivity index is 2.64. The van der Waals surface area contributed by atoms with Gasteiger partial charge in [-0.3, -0.25) is 9.59 Å². The summed E-state index contributed by atoms with van der Waals surface area (Å²) in [5.74, 6) is -0.936. The zero-order valence-electron chi connectivity index (χ0n) is 8.77. The van der Waals surface area contributed by atoms with E-state index in [0.717, 1.165) is 0 Å². The van der Waals surface area contributed by atoms with Gasteiger partial charge in [-0.1, -0.05) is 6.58 Å². The van der Waals surface area contributed by atoms with Crippen molar-refractivity contribution in [3.05, 3.63) is 12.7 Å².